The van der Waals surface area contributed by atoms with E-state index in [2.05, 4.69) is 10.4 Å². The zero-order valence-electron chi connectivity index (χ0n) is 14.2. The standard InChI is InChI=1S/C18H20N4O3/c1-11-9-16(21(2)20-11)22-8-7-13(18(22)24)19-17(23)15-10-12-5-3-4-6-14(12)25-15/h3-6,9,13,15H,7-8,10H2,1-2H3,(H,19,23). The predicted molar refractivity (Wildman–Crippen MR) is 91.4 cm³/mol. The van der Waals surface area contributed by atoms with E-state index >= 15 is 0 Å². The first-order chi connectivity index (χ1) is 12.0. The minimum Gasteiger partial charge on any atom is -0.480 e. The van der Waals surface area contributed by atoms with Crippen LogP contribution in [-0.4, -0.2) is 40.3 Å². The molecule has 25 heavy (non-hydrogen) atoms. The maximum absolute atomic E-state index is 12.7. The van der Waals surface area contributed by atoms with Crippen molar-refractivity contribution in [3.63, 3.8) is 0 Å². The van der Waals surface area contributed by atoms with Gasteiger partial charge in [0, 0.05) is 26.1 Å². The van der Waals surface area contributed by atoms with E-state index < -0.39 is 12.1 Å². The molecule has 1 fully saturated rings. The maximum Gasteiger partial charge on any atom is 0.262 e. The number of nitrogens with one attached hydrogen (secondary N) is 1. The summed E-state index contributed by atoms with van der Waals surface area (Å²) in [5, 5.41) is 7.12. The largest absolute Gasteiger partial charge is 0.480 e. The Hall–Kier alpha value is -2.83. The Kier molecular flexibility index (Phi) is 3.71. The van der Waals surface area contributed by atoms with E-state index in [1.807, 2.05) is 44.3 Å². The first-order valence-corrected chi connectivity index (χ1v) is 8.40. The fourth-order valence-electron chi connectivity index (χ4n) is 3.48. The van der Waals surface area contributed by atoms with Gasteiger partial charge in [-0.15, -0.1) is 0 Å². The van der Waals surface area contributed by atoms with Crippen LogP contribution < -0.4 is 15.0 Å². The van der Waals surface area contributed by atoms with Crippen molar-refractivity contribution in [3.8, 4) is 5.75 Å². The van der Waals surface area contributed by atoms with Crippen molar-refractivity contribution >= 4 is 17.6 Å². The van der Waals surface area contributed by atoms with Crippen LogP contribution in [0.15, 0.2) is 30.3 Å². The Morgan fingerprint density at radius 1 is 1.36 bits per heavy atom. The van der Waals surface area contributed by atoms with E-state index in [0.29, 0.717) is 19.4 Å². The van der Waals surface area contributed by atoms with Gasteiger partial charge in [0.05, 0.1) is 5.69 Å². The van der Waals surface area contributed by atoms with Crippen LogP contribution in [0, 0.1) is 6.92 Å². The van der Waals surface area contributed by atoms with Gasteiger partial charge in [-0.1, -0.05) is 18.2 Å². The van der Waals surface area contributed by atoms with Gasteiger partial charge in [-0.05, 0) is 25.0 Å². The van der Waals surface area contributed by atoms with Gasteiger partial charge in [0.2, 0.25) is 0 Å². The Labute approximate surface area is 145 Å². The van der Waals surface area contributed by atoms with Crippen LogP contribution in [-0.2, 0) is 23.1 Å². The lowest BCUT2D eigenvalue weighted by atomic mass is 10.1. The quantitative estimate of drug-likeness (QED) is 0.903. The topological polar surface area (TPSA) is 76.5 Å². The fraction of sp³-hybridized carbons (Fsp3) is 0.389. The van der Waals surface area contributed by atoms with Crippen LogP contribution in [0.1, 0.15) is 17.7 Å². The van der Waals surface area contributed by atoms with Gasteiger partial charge in [-0.3, -0.25) is 19.2 Å². The highest BCUT2D eigenvalue weighted by atomic mass is 16.5. The molecule has 3 heterocycles. The normalized spacial score (nSPS) is 22.0. The Morgan fingerprint density at radius 2 is 2.16 bits per heavy atom. The van der Waals surface area contributed by atoms with Crippen LogP contribution >= 0.6 is 0 Å². The van der Waals surface area contributed by atoms with Crippen molar-refractivity contribution in [3.05, 3.63) is 41.6 Å². The number of amides is 2. The number of aryl methyl sites for hydroxylation is 2. The zero-order chi connectivity index (χ0) is 17.6. The monoisotopic (exact) mass is 340 g/mol. The molecule has 1 aromatic carbocycles. The average molecular weight is 340 g/mol. The molecule has 0 radical (unpaired) electrons. The van der Waals surface area contributed by atoms with Crippen LogP contribution in [0.2, 0.25) is 0 Å². The molecule has 2 amide bonds. The molecule has 0 saturated carbocycles. The number of anilines is 1. The summed E-state index contributed by atoms with van der Waals surface area (Å²) in [6.45, 7) is 2.45. The highest BCUT2D eigenvalue weighted by molar-refractivity contribution is 6.01. The van der Waals surface area contributed by atoms with Crippen molar-refractivity contribution in [1.29, 1.82) is 0 Å². The summed E-state index contributed by atoms with van der Waals surface area (Å²) in [7, 11) is 1.81. The summed E-state index contributed by atoms with van der Waals surface area (Å²) in [5.74, 6) is 1.15. The second-order valence-corrected chi connectivity index (χ2v) is 6.53. The number of ether oxygens (including phenoxy) is 1. The second kappa shape index (κ2) is 5.91. The first kappa shape index (κ1) is 15.7. The smallest absolute Gasteiger partial charge is 0.262 e. The number of carbonyl (C=O) groups is 2. The molecule has 1 N–H and O–H groups in total. The minimum absolute atomic E-state index is 0.105. The molecule has 1 aromatic heterocycles. The molecule has 0 spiro atoms. The van der Waals surface area contributed by atoms with Crippen molar-refractivity contribution in [2.45, 2.75) is 31.9 Å². The maximum atomic E-state index is 12.7. The molecule has 0 bridgehead atoms. The van der Waals surface area contributed by atoms with E-state index in [1.165, 1.54) is 0 Å². The average Bonchev–Trinajstić information content (AvgIpc) is 3.25. The molecule has 7 nitrogen and oxygen atoms in total. The molecular weight excluding hydrogens is 320 g/mol. The highest BCUT2D eigenvalue weighted by Crippen LogP contribution is 2.28. The molecule has 2 unspecified atom stereocenters. The molecule has 4 rings (SSSR count). The predicted octanol–water partition coefficient (Wildman–Crippen LogP) is 0.954. The second-order valence-electron chi connectivity index (χ2n) is 6.53. The lowest BCUT2D eigenvalue weighted by Crippen LogP contribution is -2.47. The van der Waals surface area contributed by atoms with Crippen molar-refractivity contribution in [2.75, 3.05) is 11.4 Å². The van der Waals surface area contributed by atoms with Crippen LogP contribution in [0.5, 0.6) is 5.75 Å². The minimum atomic E-state index is -0.571. The third-order valence-corrected chi connectivity index (χ3v) is 4.72. The molecule has 7 heteroatoms. The van der Waals surface area contributed by atoms with E-state index in [4.69, 9.17) is 4.74 Å². The Bertz CT molecular complexity index is 820. The molecule has 0 aliphatic carbocycles. The third-order valence-electron chi connectivity index (χ3n) is 4.72. The molecule has 2 aliphatic rings. The number of para-hydroxylation sites is 1. The number of rotatable bonds is 3. The first-order valence-electron chi connectivity index (χ1n) is 8.40. The number of hydrogen-bond donors (Lipinski definition) is 1. The summed E-state index contributed by atoms with van der Waals surface area (Å²) >= 11 is 0. The Balaban J connectivity index is 1.42. The summed E-state index contributed by atoms with van der Waals surface area (Å²) in [4.78, 5) is 26.8. The molecular formula is C18H20N4O3. The fourth-order valence-corrected chi connectivity index (χ4v) is 3.48. The van der Waals surface area contributed by atoms with Gasteiger partial charge in [-0.25, -0.2) is 0 Å². The summed E-state index contributed by atoms with van der Waals surface area (Å²) in [6, 6.07) is 8.98. The van der Waals surface area contributed by atoms with Crippen LogP contribution in [0.25, 0.3) is 0 Å². The number of benzene rings is 1. The van der Waals surface area contributed by atoms with Crippen LogP contribution in [0.4, 0.5) is 5.82 Å². The molecule has 1 saturated heterocycles. The lowest BCUT2D eigenvalue weighted by molar-refractivity contribution is -0.130. The van der Waals surface area contributed by atoms with Gasteiger partial charge in [0.1, 0.15) is 17.6 Å². The summed E-state index contributed by atoms with van der Waals surface area (Å²) < 4.78 is 7.39. The van der Waals surface area contributed by atoms with Crippen molar-refractivity contribution < 1.29 is 14.3 Å². The van der Waals surface area contributed by atoms with Gasteiger partial charge in [-0.2, -0.15) is 5.10 Å². The number of fused-ring (bicyclic) bond motifs is 1. The van der Waals surface area contributed by atoms with Gasteiger partial charge >= 0.3 is 0 Å². The van der Waals surface area contributed by atoms with Crippen molar-refractivity contribution in [2.24, 2.45) is 7.05 Å². The zero-order valence-corrected chi connectivity index (χ0v) is 14.2. The van der Waals surface area contributed by atoms with Gasteiger partial charge < -0.3 is 10.1 Å². The van der Waals surface area contributed by atoms with E-state index in [-0.39, 0.29) is 11.8 Å². The number of carbonyl (C=O) groups excluding carboxylic acids is 2. The molecule has 2 aliphatic heterocycles. The molecule has 2 atom stereocenters. The van der Waals surface area contributed by atoms with E-state index in [0.717, 1.165) is 22.8 Å². The SMILES string of the molecule is Cc1cc(N2CCC(NC(=O)C3Cc4ccccc4O3)C2=O)n(C)n1. The van der Waals surface area contributed by atoms with Gasteiger partial charge in [0.15, 0.2) is 6.10 Å². The Morgan fingerprint density at radius 3 is 2.88 bits per heavy atom. The van der Waals surface area contributed by atoms with E-state index in [1.54, 1.807) is 9.58 Å². The molecule has 2 aromatic rings. The third kappa shape index (κ3) is 2.75. The summed E-state index contributed by atoms with van der Waals surface area (Å²) in [6.07, 6.45) is 0.542. The summed E-state index contributed by atoms with van der Waals surface area (Å²) in [5.41, 5.74) is 1.88. The van der Waals surface area contributed by atoms with Crippen LogP contribution in [0.3, 0.4) is 0 Å². The van der Waals surface area contributed by atoms with Gasteiger partial charge in [0.25, 0.3) is 11.8 Å². The van der Waals surface area contributed by atoms with E-state index in [9.17, 15) is 9.59 Å². The highest BCUT2D eigenvalue weighted by Gasteiger charge is 2.37. The number of hydrogen-bond acceptors (Lipinski definition) is 4. The lowest BCUT2D eigenvalue weighted by Gasteiger charge is -2.18. The van der Waals surface area contributed by atoms with Crippen molar-refractivity contribution in [1.82, 2.24) is 15.1 Å². The number of nitrogens with zero attached hydrogens (tertiary/aromatic N) is 3. The number of aromatic nitrogens is 2. The molecule has 130 valence electrons.